The third kappa shape index (κ3) is 2.75. The average molecular weight is 294 g/mol. The van der Waals surface area contributed by atoms with Gasteiger partial charge in [-0.05, 0) is 31.0 Å². The molecule has 0 aliphatic carbocycles. The summed E-state index contributed by atoms with van der Waals surface area (Å²) in [5.74, 6) is 2.75. The summed E-state index contributed by atoms with van der Waals surface area (Å²) in [6.45, 7) is 7.13. The number of methoxy groups -OCH3 is 1. The van der Waals surface area contributed by atoms with Gasteiger partial charge < -0.3 is 15.0 Å². The largest absolute Gasteiger partial charge is 0.495 e. The Bertz CT molecular complexity index is 620. The number of anilines is 1. The average Bonchev–Trinajstić information content (AvgIpc) is 2.66. The van der Waals surface area contributed by atoms with E-state index in [0.717, 1.165) is 23.6 Å². The van der Waals surface area contributed by atoms with Gasteiger partial charge in [-0.3, -0.25) is 0 Å². The van der Waals surface area contributed by atoms with Crippen LogP contribution in [-0.4, -0.2) is 16.7 Å². The van der Waals surface area contributed by atoms with E-state index in [2.05, 4.69) is 18.8 Å². The maximum atomic E-state index is 6.23. The number of hydrogen-bond acceptors (Lipinski definition) is 3. The van der Waals surface area contributed by atoms with Crippen LogP contribution >= 0.6 is 11.6 Å². The van der Waals surface area contributed by atoms with Crippen molar-refractivity contribution in [3.8, 4) is 17.0 Å². The number of nitrogens with zero attached hydrogens (tertiary/aromatic N) is 2. The van der Waals surface area contributed by atoms with Gasteiger partial charge in [0.25, 0.3) is 0 Å². The van der Waals surface area contributed by atoms with Crippen LogP contribution in [0.2, 0.25) is 5.02 Å². The van der Waals surface area contributed by atoms with E-state index in [4.69, 9.17) is 22.1 Å². The van der Waals surface area contributed by atoms with Gasteiger partial charge in [0.05, 0.1) is 12.1 Å². The van der Waals surface area contributed by atoms with E-state index >= 15 is 0 Å². The van der Waals surface area contributed by atoms with Gasteiger partial charge in [-0.15, -0.1) is 0 Å². The molecular weight excluding hydrogens is 274 g/mol. The molecule has 1 heterocycles. The van der Waals surface area contributed by atoms with Gasteiger partial charge in [0.2, 0.25) is 0 Å². The minimum absolute atomic E-state index is 0.512. The number of hydrogen-bond donors (Lipinski definition) is 1. The molecule has 0 unspecified atom stereocenters. The molecule has 108 valence electrons. The van der Waals surface area contributed by atoms with Gasteiger partial charge in [0.15, 0.2) is 0 Å². The highest BCUT2D eigenvalue weighted by molar-refractivity contribution is 6.32. The van der Waals surface area contributed by atoms with E-state index in [1.807, 2.05) is 29.7 Å². The van der Waals surface area contributed by atoms with Crippen LogP contribution < -0.4 is 10.5 Å². The quantitative estimate of drug-likeness (QED) is 0.934. The molecule has 0 atom stereocenters. The summed E-state index contributed by atoms with van der Waals surface area (Å²) in [6, 6.07) is 5.58. The normalized spacial score (nSPS) is 11.1. The number of nitrogens with two attached hydrogens (primary N) is 1. The Morgan fingerprint density at radius 2 is 2.10 bits per heavy atom. The fourth-order valence-electron chi connectivity index (χ4n) is 2.20. The fraction of sp³-hybridized carbons (Fsp3) is 0.400. The van der Waals surface area contributed by atoms with Gasteiger partial charge in [-0.1, -0.05) is 25.4 Å². The van der Waals surface area contributed by atoms with E-state index in [1.165, 1.54) is 0 Å². The third-order valence-corrected chi connectivity index (χ3v) is 3.47. The molecule has 20 heavy (non-hydrogen) atoms. The summed E-state index contributed by atoms with van der Waals surface area (Å²) in [5.41, 5.74) is 7.90. The van der Waals surface area contributed by atoms with Crippen LogP contribution in [0.15, 0.2) is 18.2 Å². The molecule has 4 nitrogen and oxygen atoms in total. The van der Waals surface area contributed by atoms with Crippen molar-refractivity contribution in [2.75, 3.05) is 12.8 Å². The summed E-state index contributed by atoms with van der Waals surface area (Å²) < 4.78 is 7.20. The fourth-order valence-corrected chi connectivity index (χ4v) is 2.46. The summed E-state index contributed by atoms with van der Waals surface area (Å²) in [4.78, 5) is 4.57. The smallest absolute Gasteiger partial charge is 0.137 e. The number of imidazole rings is 1. The SMILES string of the molecule is COc1ccc(-c2nc(C)n(CC(C)C)c2N)cc1Cl. The van der Waals surface area contributed by atoms with Crippen LogP contribution in [0.5, 0.6) is 5.75 Å². The lowest BCUT2D eigenvalue weighted by Gasteiger charge is -2.10. The molecular formula is C15H20ClN3O. The zero-order chi connectivity index (χ0) is 14.9. The number of nitrogen functional groups attached to an aromatic ring is 1. The van der Waals surface area contributed by atoms with Crippen LogP contribution in [0.3, 0.4) is 0 Å². The van der Waals surface area contributed by atoms with Crippen molar-refractivity contribution >= 4 is 17.4 Å². The van der Waals surface area contributed by atoms with Gasteiger partial charge in [-0.2, -0.15) is 0 Å². The molecule has 1 aromatic heterocycles. The molecule has 0 amide bonds. The second kappa shape index (κ2) is 5.75. The van der Waals surface area contributed by atoms with E-state index in [0.29, 0.717) is 22.5 Å². The Morgan fingerprint density at radius 1 is 1.40 bits per heavy atom. The predicted octanol–water partition coefficient (Wildman–Crippen LogP) is 3.76. The van der Waals surface area contributed by atoms with E-state index in [1.54, 1.807) is 7.11 Å². The lowest BCUT2D eigenvalue weighted by atomic mass is 10.1. The minimum atomic E-state index is 0.512. The van der Waals surface area contributed by atoms with Crippen molar-refractivity contribution in [1.29, 1.82) is 0 Å². The Kier molecular flexibility index (Phi) is 4.23. The second-order valence-corrected chi connectivity index (χ2v) is 5.65. The van der Waals surface area contributed by atoms with Crippen LogP contribution in [-0.2, 0) is 6.54 Å². The van der Waals surface area contributed by atoms with Gasteiger partial charge in [-0.25, -0.2) is 4.98 Å². The summed E-state index contributed by atoms with van der Waals surface area (Å²) in [7, 11) is 1.59. The lowest BCUT2D eigenvalue weighted by Crippen LogP contribution is -2.09. The summed E-state index contributed by atoms with van der Waals surface area (Å²) in [6.07, 6.45) is 0. The number of ether oxygens (including phenoxy) is 1. The van der Waals surface area contributed by atoms with Crippen LogP contribution in [0.25, 0.3) is 11.3 Å². The van der Waals surface area contributed by atoms with E-state index in [9.17, 15) is 0 Å². The Hall–Kier alpha value is -1.68. The van der Waals surface area contributed by atoms with Crippen molar-refractivity contribution in [2.45, 2.75) is 27.3 Å². The molecule has 5 heteroatoms. The molecule has 1 aromatic carbocycles. The first kappa shape index (κ1) is 14.7. The maximum absolute atomic E-state index is 6.23. The topological polar surface area (TPSA) is 53.1 Å². The number of aromatic nitrogens is 2. The summed E-state index contributed by atoms with van der Waals surface area (Å²) in [5, 5.41) is 0.556. The van der Waals surface area contributed by atoms with E-state index < -0.39 is 0 Å². The number of rotatable bonds is 4. The highest BCUT2D eigenvalue weighted by atomic mass is 35.5. The molecule has 0 aliphatic rings. The second-order valence-electron chi connectivity index (χ2n) is 5.25. The molecule has 0 fully saturated rings. The lowest BCUT2D eigenvalue weighted by molar-refractivity contribution is 0.415. The molecule has 2 rings (SSSR count). The van der Waals surface area contributed by atoms with Gasteiger partial charge in [0, 0.05) is 12.1 Å². The van der Waals surface area contributed by atoms with Crippen LogP contribution in [0.1, 0.15) is 19.7 Å². The molecule has 2 N–H and O–H groups in total. The number of aryl methyl sites for hydroxylation is 1. The number of benzene rings is 1. The molecule has 0 saturated carbocycles. The van der Waals surface area contributed by atoms with Crippen molar-refractivity contribution in [1.82, 2.24) is 9.55 Å². The standard InChI is InChI=1S/C15H20ClN3O/c1-9(2)8-19-10(3)18-14(15(19)17)11-5-6-13(20-4)12(16)7-11/h5-7,9H,8,17H2,1-4H3. The third-order valence-electron chi connectivity index (χ3n) is 3.17. The zero-order valence-electron chi connectivity index (χ0n) is 12.3. The first-order valence-electron chi connectivity index (χ1n) is 6.60. The van der Waals surface area contributed by atoms with Gasteiger partial charge >= 0.3 is 0 Å². The first-order chi connectivity index (χ1) is 9.43. The summed E-state index contributed by atoms with van der Waals surface area (Å²) >= 11 is 6.16. The van der Waals surface area contributed by atoms with E-state index in [-0.39, 0.29) is 0 Å². The molecule has 0 bridgehead atoms. The number of halogens is 1. The Morgan fingerprint density at radius 3 is 2.65 bits per heavy atom. The van der Waals surface area contributed by atoms with Crippen molar-refractivity contribution in [3.63, 3.8) is 0 Å². The zero-order valence-corrected chi connectivity index (χ0v) is 13.0. The molecule has 0 aliphatic heterocycles. The maximum Gasteiger partial charge on any atom is 0.137 e. The highest BCUT2D eigenvalue weighted by Gasteiger charge is 2.15. The molecule has 0 spiro atoms. The van der Waals surface area contributed by atoms with Crippen molar-refractivity contribution in [2.24, 2.45) is 5.92 Å². The Balaban J connectivity index is 2.45. The predicted molar refractivity (Wildman–Crippen MR) is 83.2 cm³/mol. The van der Waals surface area contributed by atoms with Gasteiger partial charge in [0.1, 0.15) is 23.1 Å². The van der Waals surface area contributed by atoms with Crippen molar-refractivity contribution < 1.29 is 4.74 Å². The minimum Gasteiger partial charge on any atom is -0.495 e. The Labute approximate surface area is 124 Å². The molecule has 0 saturated heterocycles. The van der Waals surface area contributed by atoms with Crippen molar-refractivity contribution in [3.05, 3.63) is 29.0 Å². The molecule has 2 aromatic rings. The highest BCUT2D eigenvalue weighted by Crippen LogP contribution is 2.33. The van der Waals surface area contributed by atoms with Crippen LogP contribution in [0.4, 0.5) is 5.82 Å². The first-order valence-corrected chi connectivity index (χ1v) is 6.98. The molecule has 0 radical (unpaired) electrons. The van der Waals surface area contributed by atoms with Crippen LogP contribution in [0, 0.1) is 12.8 Å². The monoisotopic (exact) mass is 293 g/mol.